The predicted molar refractivity (Wildman–Crippen MR) is 89.0 cm³/mol. The van der Waals surface area contributed by atoms with E-state index in [-0.39, 0.29) is 78.2 Å². The average molecular weight is 400 g/mol. The smallest absolute Gasteiger partial charge is 0.870 e. The third-order valence-corrected chi connectivity index (χ3v) is 5.77. The molecule has 0 saturated carbocycles. The Labute approximate surface area is 181 Å². The summed E-state index contributed by atoms with van der Waals surface area (Å²) in [6.45, 7) is 11.5. The molecule has 0 aromatic rings. The number of hydrogen-bond donors (Lipinski definition) is 1. The Morgan fingerprint density at radius 3 is 0.955 bits per heavy atom. The fourth-order valence-corrected chi connectivity index (χ4v) is 0. The standard InChI is InChI=1S/C4H11OP.2C3H9O2P.CH4.2Na.H2O/c1-4-6(2,3)5;2*1-3-6(2,4)5;;;;/h4H2,1-3H3;2*3H2,1-2H3,(H,4,5);1H4;;;1H2/q;;;;2*+1;/p-2. The van der Waals surface area contributed by atoms with Crippen LogP contribution in [0.5, 0.6) is 0 Å². The summed E-state index contributed by atoms with van der Waals surface area (Å²) < 4.78 is 30.8. The summed E-state index contributed by atoms with van der Waals surface area (Å²) in [7, 11) is -7.19. The van der Waals surface area contributed by atoms with Crippen molar-refractivity contribution in [3.63, 3.8) is 0 Å². The zero-order valence-electron chi connectivity index (χ0n) is 15.0. The van der Waals surface area contributed by atoms with Crippen molar-refractivity contribution in [2.45, 2.75) is 28.2 Å². The van der Waals surface area contributed by atoms with E-state index in [4.69, 9.17) is 4.89 Å². The van der Waals surface area contributed by atoms with Crippen molar-refractivity contribution in [2.24, 2.45) is 0 Å². The van der Waals surface area contributed by atoms with Gasteiger partial charge in [-0.25, -0.2) is 0 Å². The van der Waals surface area contributed by atoms with Crippen LogP contribution in [0.3, 0.4) is 0 Å². The van der Waals surface area contributed by atoms with Gasteiger partial charge in [-0.2, -0.15) is 0 Å². The fourth-order valence-electron chi connectivity index (χ4n) is 0. The fraction of sp³-hybridized carbons (Fsp3) is 1.00. The van der Waals surface area contributed by atoms with E-state index in [9.17, 15) is 18.6 Å². The summed E-state index contributed by atoms with van der Waals surface area (Å²) in [5.74, 6) is 0. The van der Waals surface area contributed by atoms with Gasteiger partial charge in [-0.1, -0.05) is 28.2 Å². The van der Waals surface area contributed by atoms with Crippen molar-refractivity contribution in [2.75, 3.05) is 45.1 Å². The molecule has 0 aliphatic rings. The van der Waals surface area contributed by atoms with Gasteiger partial charge in [-0.3, -0.25) is 4.57 Å². The van der Waals surface area contributed by atoms with Gasteiger partial charge in [0.05, 0.1) is 7.14 Å². The third kappa shape index (κ3) is 78.4. The second-order valence-corrected chi connectivity index (χ2v) is 13.8. The van der Waals surface area contributed by atoms with Gasteiger partial charge < -0.3 is 24.4 Å². The van der Waals surface area contributed by atoms with Crippen molar-refractivity contribution in [1.82, 2.24) is 0 Å². The molecule has 2 unspecified atom stereocenters. The van der Waals surface area contributed by atoms with Gasteiger partial charge in [0.1, 0.15) is 0 Å². The minimum Gasteiger partial charge on any atom is -0.870 e. The largest absolute Gasteiger partial charge is 1.00 e. The zero-order chi connectivity index (χ0) is 15.6. The van der Waals surface area contributed by atoms with Gasteiger partial charge in [0.25, 0.3) is 0 Å². The second-order valence-electron chi connectivity index (χ2n) is 4.59. The Morgan fingerprint density at radius 2 is 0.955 bits per heavy atom. The summed E-state index contributed by atoms with van der Waals surface area (Å²) in [5, 5.41) is 0. The molecule has 2 atom stereocenters. The quantitative estimate of drug-likeness (QED) is 0.405. The van der Waals surface area contributed by atoms with Crippen LogP contribution < -0.4 is 64.0 Å². The van der Waals surface area contributed by atoms with Crippen LogP contribution in [-0.4, -0.2) is 55.5 Å². The molecule has 6 nitrogen and oxygen atoms in total. The van der Waals surface area contributed by atoms with Crippen molar-refractivity contribution in [1.29, 1.82) is 0 Å². The van der Waals surface area contributed by atoms with Crippen LogP contribution in [0, 0.1) is 0 Å². The molecular weight excluding hydrogens is 367 g/mol. The first-order chi connectivity index (χ1) is 7.68. The van der Waals surface area contributed by atoms with E-state index < -0.39 is 21.9 Å². The van der Waals surface area contributed by atoms with E-state index in [2.05, 4.69) is 0 Å². The summed E-state index contributed by atoms with van der Waals surface area (Å²) >= 11 is 0. The van der Waals surface area contributed by atoms with Crippen molar-refractivity contribution < 1.29 is 88.1 Å². The van der Waals surface area contributed by atoms with E-state index >= 15 is 0 Å². The minimum atomic E-state index is -2.90. The molecule has 0 spiro atoms. The Balaban J connectivity index is -0.0000000281. The topological polar surface area (TPSA) is 124 Å². The predicted octanol–water partition coefficient (Wildman–Crippen LogP) is -2.72. The van der Waals surface area contributed by atoms with Crippen molar-refractivity contribution in [3.8, 4) is 0 Å². The van der Waals surface area contributed by atoms with Crippen LogP contribution in [0.1, 0.15) is 28.2 Å². The van der Waals surface area contributed by atoms with Crippen LogP contribution in [0.4, 0.5) is 0 Å². The van der Waals surface area contributed by atoms with E-state index in [1.54, 1.807) is 27.2 Å². The second kappa shape index (κ2) is 21.6. The molecule has 0 aliphatic carbocycles. The molecule has 0 fully saturated rings. The molecule has 2 N–H and O–H groups in total. The monoisotopic (exact) mass is 400 g/mol. The number of rotatable bonds is 3. The average Bonchev–Trinajstić information content (AvgIpc) is 2.16. The van der Waals surface area contributed by atoms with E-state index in [0.29, 0.717) is 6.16 Å². The summed E-state index contributed by atoms with van der Waals surface area (Å²) in [6.07, 6.45) is 1.48. The third-order valence-electron chi connectivity index (χ3n) is 1.92. The molecule has 130 valence electrons. The van der Waals surface area contributed by atoms with Gasteiger partial charge in [0.2, 0.25) is 0 Å². The van der Waals surface area contributed by atoms with E-state index in [0.717, 1.165) is 6.16 Å². The van der Waals surface area contributed by atoms with Crippen molar-refractivity contribution >= 4 is 21.9 Å². The summed E-state index contributed by atoms with van der Waals surface area (Å²) in [5.41, 5.74) is 0. The van der Waals surface area contributed by atoms with Crippen LogP contribution in [-0.2, 0) is 13.7 Å². The van der Waals surface area contributed by atoms with E-state index in [1.165, 1.54) is 13.3 Å². The van der Waals surface area contributed by atoms with Crippen molar-refractivity contribution in [3.05, 3.63) is 0 Å². The SMILES string of the molecule is C.CCP(C)(=O)O.CCP(C)(=O)[O-].CCP(C)(C)=O.[Na+].[Na+].[OH-]. The first kappa shape index (κ1) is 44.2. The molecule has 0 bridgehead atoms. The van der Waals surface area contributed by atoms with Crippen LogP contribution in [0.25, 0.3) is 0 Å². The Kier molecular flexibility index (Phi) is 43.4. The molecule has 0 heterocycles. The first-order valence-electron chi connectivity index (χ1n) is 5.79. The molecule has 0 aromatic heterocycles. The van der Waals surface area contributed by atoms with Gasteiger partial charge in [-0.15, -0.1) is 0 Å². The number of hydrogen-bond acceptors (Lipinski definition) is 5. The normalized spacial score (nSPS) is 14.0. The zero-order valence-corrected chi connectivity index (χ0v) is 21.7. The molecule has 11 heteroatoms. The Morgan fingerprint density at radius 1 is 0.818 bits per heavy atom. The maximum absolute atomic E-state index is 10.6. The van der Waals surface area contributed by atoms with Gasteiger partial charge >= 0.3 is 59.1 Å². The van der Waals surface area contributed by atoms with E-state index in [1.807, 2.05) is 6.92 Å². The minimum absolute atomic E-state index is 0. The van der Waals surface area contributed by atoms with Gasteiger partial charge in [0, 0.05) is 20.2 Å². The molecule has 0 amide bonds. The van der Waals surface area contributed by atoms with Crippen LogP contribution in [0.2, 0.25) is 0 Å². The molecule has 0 saturated heterocycles. The van der Waals surface area contributed by atoms with Crippen LogP contribution in [0.15, 0.2) is 0 Å². The summed E-state index contributed by atoms with van der Waals surface area (Å²) in [6, 6.07) is 0. The Bertz CT molecular complexity index is 282. The molecule has 0 aromatic carbocycles. The molecular formula is C11H33Na2O6P3. The molecule has 0 aliphatic heterocycles. The Hall–Kier alpha value is 2.57. The molecule has 22 heavy (non-hydrogen) atoms. The van der Waals surface area contributed by atoms with Gasteiger partial charge in [0.15, 0.2) is 7.37 Å². The molecule has 0 rings (SSSR count). The summed E-state index contributed by atoms with van der Waals surface area (Å²) in [4.78, 5) is 18.4. The molecule has 0 radical (unpaired) electrons. The van der Waals surface area contributed by atoms with Gasteiger partial charge in [-0.05, 0) is 32.3 Å². The maximum Gasteiger partial charge on any atom is 1.00 e. The maximum atomic E-state index is 10.6. The first-order valence-corrected chi connectivity index (χ1v) is 13.1. The van der Waals surface area contributed by atoms with Crippen LogP contribution >= 0.6 is 21.9 Å².